The molecule has 2 rings (SSSR count). The van der Waals surface area contributed by atoms with Crippen LogP contribution in [0.3, 0.4) is 0 Å². The fourth-order valence-electron chi connectivity index (χ4n) is 3.15. The molecule has 1 heterocycles. The van der Waals surface area contributed by atoms with Crippen molar-refractivity contribution in [2.75, 3.05) is 20.2 Å². The monoisotopic (exact) mass is 289 g/mol. The number of amides is 1. The van der Waals surface area contributed by atoms with Crippen LogP contribution in [0.4, 0.5) is 8.78 Å². The van der Waals surface area contributed by atoms with Crippen molar-refractivity contribution in [1.82, 2.24) is 4.90 Å². The quantitative estimate of drug-likeness (QED) is 0.731. The standard InChI is InChI=1S/C14H21F2NO3/c1-9-7-17(8-11(9)13(19)20-2)12(18)10-3-5-14(15,16)6-4-10/h9-11H,3-8H2,1-2H3. The summed E-state index contributed by atoms with van der Waals surface area (Å²) in [5, 5.41) is 0. The molecule has 0 bridgehead atoms. The normalized spacial score (nSPS) is 30.3. The lowest BCUT2D eigenvalue weighted by atomic mass is 9.86. The summed E-state index contributed by atoms with van der Waals surface area (Å²) in [6.45, 7) is 2.76. The Bertz CT molecular complexity index is 390. The molecule has 1 amide bonds. The number of nitrogens with zero attached hydrogens (tertiary/aromatic N) is 1. The van der Waals surface area contributed by atoms with Gasteiger partial charge in [0.1, 0.15) is 0 Å². The minimum absolute atomic E-state index is 0.0523. The highest BCUT2D eigenvalue weighted by Crippen LogP contribution is 2.37. The van der Waals surface area contributed by atoms with Crippen LogP contribution in [0.1, 0.15) is 32.6 Å². The van der Waals surface area contributed by atoms with E-state index in [9.17, 15) is 18.4 Å². The molecule has 2 aliphatic rings. The van der Waals surface area contributed by atoms with Gasteiger partial charge in [0.25, 0.3) is 0 Å². The number of esters is 1. The SMILES string of the molecule is COC(=O)C1CN(C(=O)C2CCC(F)(F)CC2)CC1C. The van der Waals surface area contributed by atoms with Crippen molar-refractivity contribution >= 4 is 11.9 Å². The number of ether oxygens (including phenoxy) is 1. The number of likely N-dealkylation sites (tertiary alicyclic amines) is 1. The molecule has 2 atom stereocenters. The molecule has 114 valence electrons. The third-order valence-electron chi connectivity index (χ3n) is 4.49. The first-order chi connectivity index (χ1) is 9.34. The molecule has 1 aliphatic carbocycles. The number of alkyl halides is 2. The maximum absolute atomic E-state index is 13.1. The van der Waals surface area contributed by atoms with E-state index in [2.05, 4.69) is 0 Å². The molecule has 20 heavy (non-hydrogen) atoms. The highest BCUT2D eigenvalue weighted by atomic mass is 19.3. The maximum atomic E-state index is 13.1. The van der Waals surface area contributed by atoms with Gasteiger partial charge in [0.2, 0.25) is 11.8 Å². The summed E-state index contributed by atoms with van der Waals surface area (Å²) in [5.41, 5.74) is 0. The van der Waals surface area contributed by atoms with Crippen LogP contribution < -0.4 is 0 Å². The Labute approximate surface area is 117 Å². The number of hydrogen-bond acceptors (Lipinski definition) is 3. The predicted octanol–water partition coefficient (Wildman–Crippen LogP) is 2.08. The zero-order chi connectivity index (χ0) is 14.9. The van der Waals surface area contributed by atoms with Gasteiger partial charge < -0.3 is 9.64 Å². The van der Waals surface area contributed by atoms with Gasteiger partial charge in [-0.3, -0.25) is 9.59 Å². The average Bonchev–Trinajstić information content (AvgIpc) is 2.79. The fraction of sp³-hybridized carbons (Fsp3) is 0.857. The summed E-state index contributed by atoms with van der Waals surface area (Å²) < 4.78 is 30.9. The van der Waals surface area contributed by atoms with Gasteiger partial charge in [-0.1, -0.05) is 6.92 Å². The number of halogens is 2. The van der Waals surface area contributed by atoms with Crippen LogP contribution in [0.15, 0.2) is 0 Å². The van der Waals surface area contributed by atoms with Gasteiger partial charge >= 0.3 is 5.97 Å². The molecule has 0 radical (unpaired) electrons. The zero-order valence-corrected chi connectivity index (χ0v) is 11.9. The Kier molecular flexibility index (Phi) is 4.30. The van der Waals surface area contributed by atoms with Crippen LogP contribution in [0.2, 0.25) is 0 Å². The summed E-state index contributed by atoms with van der Waals surface area (Å²) in [6.07, 6.45) is 0.0413. The van der Waals surface area contributed by atoms with Crippen molar-refractivity contribution < 1.29 is 23.1 Å². The predicted molar refractivity (Wildman–Crippen MR) is 68.2 cm³/mol. The molecule has 1 saturated carbocycles. The Balaban J connectivity index is 1.93. The summed E-state index contributed by atoms with van der Waals surface area (Å²) in [7, 11) is 1.34. The van der Waals surface area contributed by atoms with Crippen molar-refractivity contribution in [2.24, 2.45) is 17.8 Å². The molecule has 2 fully saturated rings. The first-order valence-corrected chi connectivity index (χ1v) is 7.08. The van der Waals surface area contributed by atoms with Crippen LogP contribution in [-0.4, -0.2) is 42.9 Å². The number of methoxy groups -OCH3 is 1. The molecule has 0 aromatic heterocycles. The molecule has 0 N–H and O–H groups in total. The van der Waals surface area contributed by atoms with E-state index >= 15 is 0 Å². The van der Waals surface area contributed by atoms with Gasteiger partial charge in [0, 0.05) is 31.8 Å². The highest BCUT2D eigenvalue weighted by Gasteiger charge is 2.42. The van der Waals surface area contributed by atoms with Crippen molar-refractivity contribution in [1.29, 1.82) is 0 Å². The molecule has 0 aromatic rings. The lowest BCUT2D eigenvalue weighted by Crippen LogP contribution is -2.38. The third kappa shape index (κ3) is 3.10. The minimum atomic E-state index is -2.62. The van der Waals surface area contributed by atoms with Crippen LogP contribution >= 0.6 is 0 Å². The second-order valence-electron chi connectivity index (χ2n) is 5.98. The van der Waals surface area contributed by atoms with E-state index in [1.807, 2.05) is 6.92 Å². The lowest BCUT2D eigenvalue weighted by Gasteiger charge is -2.30. The molecule has 1 aliphatic heterocycles. The molecular formula is C14H21F2NO3. The second-order valence-corrected chi connectivity index (χ2v) is 5.98. The summed E-state index contributed by atoms with van der Waals surface area (Å²) in [5.74, 6) is -3.57. The Morgan fingerprint density at radius 2 is 1.80 bits per heavy atom. The molecule has 4 nitrogen and oxygen atoms in total. The second kappa shape index (κ2) is 5.66. The van der Waals surface area contributed by atoms with Crippen molar-refractivity contribution in [3.63, 3.8) is 0 Å². The van der Waals surface area contributed by atoms with Gasteiger partial charge in [0.05, 0.1) is 13.0 Å². The minimum Gasteiger partial charge on any atom is -0.469 e. The first-order valence-electron chi connectivity index (χ1n) is 7.08. The van der Waals surface area contributed by atoms with Gasteiger partial charge in [-0.05, 0) is 18.8 Å². The van der Waals surface area contributed by atoms with E-state index in [-0.39, 0.29) is 55.3 Å². The van der Waals surface area contributed by atoms with Gasteiger partial charge in [0.15, 0.2) is 0 Å². The topological polar surface area (TPSA) is 46.6 Å². The van der Waals surface area contributed by atoms with Crippen LogP contribution in [0, 0.1) is 17.8 Å². The molecule has 2 unspecified atom stereocenters. The van der Waals surface area contributed by atoms with Crippen LogP contribution in [0.5, 0.6) is 0 Å². The molecule has 0 spiro atoms. The third-order valence-corrected chi connectivity index (χ3v) is 4.49. The van der Waals surface area contributed by atoms with E-state index in [1.54, 1.807) is 4.90 Å². The number of carbonyl (C=O) groups excluding carboxylic acids is 2. The Morgan fingerprint density at radius 3 is 2.35 bits per heavy atom. The molecule has 6 heteroatoms. The van der Waals surface area contributed by atoms with Crippen LogP contribution in [-0.2, 0) is 14.3 Å². The van der Waals surface area contributed by atoms with Crippen molar-refractivity contribution in [3.05, 3.63) is 0 Å². The molecule has 0 aromatic carbocycles. The van der Waals surface area contributed by atoms with E-state index < -0.39 is 5.92 Å². The largest absolute Gasteiger partial charge is 0.469 e. The van der Waals surface area contributed by atoms with Gasteiger partial charge in [-0.15, -0.1) is 0 Å². The number of carbonyl (C=O) groups is 2. The Hall–Kier alpha value is -1.20. The van der Waals surface area contributed by atoms with Gasteiger partial charge in [-0.25, -0.2) is 8.78 Å². The lowest BCUT2D eigenvalue weighted by molar-refractivity contribution is -0.146. The summed E-state index contributed by atoms with van der Waals surface area (Å²) >= 11 is 0. The summed E-state index contributed by atoms with van der Waals surface area (Å²) in [6, 6.07) is 0. The maximum Gasteiger partial charge on any atom is 0.310 e. The van der Waals surface area contributed by atoms with E-state index in [0.717, 1.165) is 0 Å². The van der Waals surface area contributed by atoms with Crippen molar-refractivity contribution in [2.45, 2.75) is 38.5 Å². The molecular weight excluding hydrogens is 268 g/mol. The molecule has 1 saturated heterocycles. The highest BCUT2D eigenvalue weighted by molar-refractivity contribution is 5.81. The van der Waals surface area contributed by atoms with E-state index in [0.29, 0.717) is 13.1 Å². The van der Waals surface area contributed by atoms with Crippen molar-refractivity contribution in [3.8, 4) is 0 Å². The first kappa shape index (κ1) is 15.2. The van der Waals surface area contributed by atoms with Gasteiger partial charge in [-0.2, -0.15) is 0 Å². The van der Waals surface area contributed by atoms with E-state index in [4.69, 9.17) is 4.74 Å². The van der Waals surface area contributed by atoms with E-state index in [1.165, 1.54) is 7.11 Å². The number of rotatable bonds is 2. The Morgan fingerprint density at radius 1 is 1.20 bits per heavy atom. The summed E-state index contributed by atoms with van der Waals surface area (Å²) in [4.78, 5) is 25.6. The smallest absolute Gasteiger partial charge is 0.310 e. The average molecular weight is 289 g/mol. The van der Waals surface area contributed by atoms with Crippen LogP contribution in [0.25, 0.3) is 0 Å². The zero-order valence-electron chi connectivity index (χ0n) is 11.9. The fourth-order valence-corrected chi connectivity index (χ4v) is 3.15. The number of hydrogen-bond donors (Lipinski definition) is 0.